The maximum absolute atomic E-state index is 13.2. The molecule has 1 fully saturated rings. The molecule has 6 heteroatoms. The molecule has 1 aliphatic carbocycles. The van der Waals surface area contributed by atoms with Crippen LogP contribution in [0.2, 0.25) is 0 Å². The fraction of sp³-hybridized carbons (Fsp3) is 0.364. The molecule has 1 aromatic carbocycles. The summed E-state index contributed by atoms with van der Waals surface area (Å²) >= 11 is 0. The van der Waals surface area contributed by atoms with Crippen LogP contribution in [0.3, 0.4) is 0 Å². The molecular weight excluding hydrogens is 240 g/mol. The maximum atomic E-state index is 13.2. The molecule has 1 atom stereocenters. The van der Waals surface area contributed by atoms with Crippen LogP contribution in [0.25, 0.3) is 0 Å². The third kappa shape index (κ3) is 1.59. The quantitative estimate of drug-likeness (QED) is 0.816. The second-order valence-electron chi connectivity index (χ2n) is 3.98. The van der Waals surface area contributed by atoms with E-state index in [0.29, 0.717) is 0 Å². The zero-order valence-electron chi connectivity index (χ0n) is 8.46. The van der Waals surface area contributed by atoms with Crippen molar-refractivity contribution in [2.75, 3.05) is 0 Å². The molecule has 1 aliphatic rings. The first-order chi connectivity index (χ1) is 7.77. The number of rotatable bonds is 2. The summed E-state index contributed by atoms with van der Waals surface area (Å²) in [4.78, 5) is 10.8. The van der Waals surface area contributed by atoms with Gasteiger partial charge in [-0.15, -0.1) is 0 Å². The van der Waals surface area contributed by atoms with E-state index in [9.17, 15) is 22.4 Å². The number of carboxylic acid groups (broad SMARTS) is 1. The fourth-order valence-electron chi connectivity index (χ4n) is 1.95. The van der Waals surface area contributed by atoms with Gasteiger partial charge in [0.1, 0.15) is 0 Å². The average Bonchev–Trinajstić information content (AvgIpc) is 2.26. The van der Waals surface area contributed by atoms with Crippen LogP contribution in [0.15, 0.2) is 24.3 Å². The highest BCUT2D eigenvalue weighted by atomic mass is 19.3. The normalized spacial score (nSPS) is 25.1. The molecule has 1 aromatic rings. The first-order valence-electron chi connectivity index (χ1n) is 4.85. The van der Waals surface area contributed by atoms with E-state index in [2.05, 4.69) is 0 Å². The number of halogens is 4. The van der Waals surface area contributed by atoms with E-state index < -0.39 is 30.2 Å². The summed E-state index contributed by atoms with van der Waals surface area (Å²) in [7, 11) is 0. The van der Waals surface area contributed by atoms with Crippen LogP contribution in [0, 0.1) is 0 Å². The Morgan fingerprint density at radius 2 is 1.82 bits per heavy atom. The SMILES string of the molecule is O=C(O)c1ccccc1C1CC(F)(F)C1(F)F. The Balaban J connectivity index is 2.41. The van der Waals surface area contributed by atoms with Gasteiger partial charge in [-0.3, -0.25) is 0 Å². The lowest BCUT2D eigenvalue weighted by Gasteiger charge is -2.44. The molecular formula is C11H8F4O2. The number of carbonyl (C=O) groups is 1. The van der Waals surface area contributed by atoms with E-state index in [1.165, 1.54) is 12.1 Å². The summed E-state index contributed by atoms with van der Waals surface area (Å²) in [6.45, 7) is 0. The Labute approximate surface area is 93.9 Å². The topological polar surface area (TPSA) is 37.3 Å². The summed E-state index contributed by atoms with van der Waals surface area (Å²) in [5.41, 5.74) is -0.594. The van der Waals surface area contributed by atoms with Crippen molar-refractivity contribution in [3.05, 3.63) is 35.4 Å². The molecule has 2 rings (SSSR count). The van der Waals surface area contributed by atoms with Crippen molar-refractivity contribution in [1.82, 2.24) is 0 Å². The third-order valence-electron chi connectivity index (χ3n) is 2.95. The molecule has 0 aromatic heterocycles. The zero-order valence-corrected chi connectivity index (χ0v) is 8.46. The van der Waals surface area contributed by atoms with E-state index in [-0.39, 0.29) is 11.1 Å². The lowest BCUT2D eigenvalue weighted by molar-refractivity contribution is -0.290. The smallest absolute Gasteiger partial charge is 0.335 e. The monoisotopic (exact) mass is 248 g/mol. The molecule has 0 aliphatic heterocycles. The van der Waals surface area contributed by atoms with Crippen molar-refractivity contribution in [3.63, 3.8) is 0 Å². The van der Waals surface area contributed by atoms with Gasteiger partial charge < -0.3 is 5.11 Å². The minimum atomic E-state index is -4.18. The van der Waals surface area contributed by atoms with Crippen LogP contribution in [-0.4, -0.2) is 22.9 Å². The molecule has 0 radical (unpaired) electrons. The number of hydrogen-bond donors (Lipinski definition) is 1. The number of carboxylic acids is 1. The minimum absolute atomic E-state index is 0.240. The van der Waals surface area contributed by atoms with E-state index in [1.807, 2.05) is 0 Å². The van der Waals surface area contributed by atoms with Gasteiger partial charge in [-0.1, -0.05) is 18.2 Å². The molecule has 92 valence electrons. The number of hydrogen-bond acceptors (Lipinski definition) is 1. The van der Waals surface area contributed by atoms with Gasteiger partial charge in [-0.25, -0.2) is 4.79 Å². The largest absolute Gasteiger partial charge is 0.478 e. The highest BCUT2D eigenvalue weighted by Gasteiger charge is 2.72. The van der Waals surface area contributed by atoms with Crippen LogP contribution >= 0.6 is 0 Å². The van der Waals surface area contributed by atoms with E-state index in [4.69, 9.17) is 5.11 Å². The van der Waals surface area contributed by atoms with Crippen molar-refractivity contribution in [1.29, 1.82) is 0 Å². The molecule has 1 saturated carbocycles. The van der Waals surface area contributed by atoms with Gasteiger partial charge in [0.2, 0.25) is 0 Å². The molecule has 2 nitrogen and oxygen atoms in total. The zero-order chi connectivity index (χ0) is 12.8. The maximum Gasteiger partial charge on any atom is 0.335 e. The Bertz CT molecular complexity index is 470. The second kappa shape index (κ2) is 3.45. The molecule has 1 unspecified atom stereocenters. The van der Waals surface area contributed by atoms with Gasteiger partial charge in [0.25, 0.3) is 0 Å². The van der Waals surface area contributed by atoms with E-state index in [0.717, 1.165) is 12.1 Å². The van der Waals surface area contributed by atoms with Crippen LogP contribution in [0.1, 0.15) is 28.3 Å². The van der Waals surface area contributed by atoms with Crippen molar-refractivity contribution < 1.29 is 27.5 Å². The van der Waals surface area contributed by atoms with Gasteiger partial charge in [-0.05, 0) is 11.6 Å². The highest BCUT2D eigenvalue weighted by molar-refractivity contribution is 5.89. The molecule has 0 heterocycles. The van der Waals surface area contributed by atoms with Gasteiger partial charge in [0.15, 0.2) is 0 Å². The van der Waals surface area contributed by atoms with E-state index >= 15 is 0 Å². The lowest BCUT2D eigenvalue weighted by atomic mass is 9.71. The predicted molar refractivity (Wildman–Crippen MR) is 50.7 cm³/mol. The summed E-state index contributed by atoms with van der Waals surface area (Å²) in [5.74, 6) is -11.4. The van der Waals surface area contributed by atoms with Crippen molar-refractivity contribution in [3.8, 4) is 0 Å². The van der Waals surface area contributed by atoms with Crippen LogP contribution in [-0.2, 0) is 0 Å². The molecule has 0 bridgehead atoms. The van der Waals surface area contributed by atoms with Crippen molar-refractivity contribution >= 4 is 5.97 Å². The summed E-state index contributed by atoms with van der Waals surface area (Å²) in [6, 6.07) is 5.00. The molecule has 0 saturated heterocycles. The van der Waals surface area contributed by atoms with Crippen molar-refractivity contribution in [2.24, 2.45) is 0 Å². The summed E-state index contributed by atoms with van der Waals surface area (Å²) < 4.78 is 51.7. The lowest BCUT2D eigenvalue weighted by Crippen LogP contribution is -2.57. The van der Waals surface area contributed by atoms with Gasteiger partial charge in [-0.2, -0.15) is 17.6 Å². The fourth-order valence-corrected chi connectivity index (χ4v) is 1.95. The van der Waals surface area contributed by atoms with Gasteiger partial charge >= 0.3 is 17.8 Å². The van der Waals surface area contributed by atoms with Crippen LogP contribution < -0.4 is 0 Å². The predicted octanol–water partition coefficient (Wildman–Crippen LogP) is 3.14. The molecule has 0 amide bonds. The van der Waals surface area contributed by atoms with Gasteiger partial charge in [0.05, 0.1) is 11.5 Å². The van der Waals surface area contributed by atoms with Crippen LogP contribution in [0.5, 0.6) is 0 Å². The molecule has 1 N–H and O–H groups in total. The second-order valence-corrected chi connectivity index (χ2v) is 3.98. The van der Waals surface area contributed by atoms with Crippen molar-refractivity contribution in [2.45, 2.75) is 24.2 Å². The third-order valence-corrected chi connectivity index (χ3v) is 2.95. The minimum Gasteiger partial charge on any atom is -0.478 e. The first kappa shape index (κ1) is 11.9. The highest BCUT2D eigenvalue weighted by Crippen LogP contribution is 2.60. The first-order valence-corrected chi connectivity index (χ1v) is 4.85. The summed E-state index contributed by atoms with van der Waals surface area (Å²) in [6.07, 6.45) is -1.02. The Kier molecular flexibility index (Phi) is 2.41. The Hall–Kier alpha value is -1.59. The summed E-state index contributed by atoms with van der Waals surface area (Å²) in [5, 5.41) is 8.80. The number of alkyl halides is 4. The van der Waals surface area contributed by atoms with Crippen LogP contribution in [0.4, 0.5) is 17.6 Å². The Morgan fingerprint density at radius 1 is 1.24 bits per heavy atom. The van der Waals surface area contributed by atoms with Gasteiger partial charge in [0, 0.05) is 6.42 Å². The molecule has 0 spiro atoms. The Morgan fingerprint density at radius 3 is 2.29 bits per heavy atom. The van der Waals surface area contributed by atoms with E-state index in [1.54, 1.807) is 0 Å². The molecule has 17 heavy (non-hydrogen) atoms. The standard InChI is InChI=1S/C11H8F4O2/c12-10(13)5-8(11(10,14)15)6-3-1-2-4-7(6)9(16)17/h1-4,8H,5H2,(H,16,17). The average molecular weight is 248 g/mol. The number of benzene rings is 1. The number of aromatic carboxylic acids is 1.